The van der Waals surface area contributed by atoms with Crippen LogP contribution in [0.25, 0.3) is 0 Å². The number of carbonyl (C=O) groups is 1. The molecule has 186 valence electrons. The zero-order valence-electron chi connectivity index (χ0n) is 18.3. The van der Waals surface area contributed by atoms with Crippen LogP contribution in [0.5, 0.6) is 0 Å². The van der Waals surface area contributed by atoms with Gasteiger partial charge in [0.15, 0.2) is 0 Å². The molecule has 35 heavy (non-hydrogen) atoms. The zero-order valence-corrected chi connectivity index (χ0v) is 20.6. The van der Waals surface area contributed by atoms with Crippen LogP contribution in [0.2, 0.25) is 5.02 Å². The maximum Gasteiger partial charge on any atom is 0.416 e. The van der Waals surface area contributed by atoms with Crippen LogP contribution in [-0.4, -0.2) is 44.8 Å². The molecule has 0 radical (unpaired) electrons. The molecule has 2 aromatic carbocycles. The molecule has 2 heterocycles. The van der Waals surface area contributed by atoms with Gasteiger partial charge >= 0.3 is 6.18 Å². The molecule has 1 aliphatic heterocycles. The van der Waals surface area contributed by atoms with Gasteiger partial charge in [-0.15, -0.1) is 11.3 Å². The van der Waals surface area contributed by atoms with Crippen molar-refractivity contribution in [2.24, 2.45) is 0 Å². The summed E-state index contributed by atoms with van der Waals surface area (Å²) < 4.78 is 66.7. The van der Waals surface area contributed by atoms with Gasteiger partial charge in [-0.3, -0.25) is 4.79 Å². The van der Waals surface area contributed by atoms with Gasteiger partial charge in [0.1, 0.15) is 4.21 Å². The lowest BCUT2D eigenvalue weighted by molar-refractivity contribution is -0.137. The summed E-state index contributed by atoms with van der Waals surface area (Å²) in [5.74, 6) is -0.301. The van der Waals surface area contributed by atoms with E-state index in [0.29, 0.717) is 21.2 Å². The largest absolute Gasteiger partial charge is 0.416 e. The molecule has 0 atom stereocenters. The van der Waals surface area contributed by atoms with Crippen molar-refractivity contribution in [1.82, 2.24) is 9.62 Å². The van der Waals surface area contributed by atoms with Gasteiger partial charge in [0.05, 0.1) is 12.1 Å². The van der Waals surface area contributed by atoms with Crippen LogP contribution in [0.4, 0.5) is 18.9 Å². The van der Waals surface area contributed by atoms with Crippen LogP contribution in [-0.2, 0) is 22.7 Å². The van der Waals surface area contributed by atoms with Crippen molar-refractivity contribution in [2.75, 3.05) is 31.1 Å². The van der Waals surface area contributed by atoms with Crippen LogP contribution < -0.4 is 10.2 Å². The molecule has 1 aliphatic rings. The lowest BCUT2D eigenvalue weighted by Crippen LogP contribution is -2.48. The number of amides is 1. The second kappa shape index (κ2) is 10.2. The molecule has 0 unspecified atom stereocenters. The lowest BCUT2D eigenvalue weighted by atomic mass is 10.1. The van der Waals surface area contributed by atoms with Gasteiger partial charge in [-0.1, -0.05) is 17.7 Å². The zero-order chi connectivity index (χ0) is 25.2. The van der Waals surface area contributed by atoms with E-state index >= 15 is 0 Å². The summed E-state index contributed by atoms with van der Waals surface area (Å²) in [7, 11) is -3.76. The molecule has 4 rings (SSSR count). The number of anilines is 1. The van der Waals surface area contributed by atoms with Crippen LogP contribution in [0.3, 0.4) is 0 Å². The molecule has 1 amide bonds. The van der Waals surface area contributed by atoms with Crippen molar-refractivity contribution in [3.05, 3.63) is 81.7 Å². The molecule has 1 saturated heterocycles. The highest BCUT2D eigenvalue weighted by Crippen LogP contribution is 2.32. The topological polar surface area (TPSA) is 69.7 Å². The Kier molecular flexibility index (Phi) is 7.41. The van der Waals surface area contributed by atoms with E-state index in [1.807, 2.05) is 0 Å². The highest BCUT2D eigenvalue weighted by atomic mass is 35.5. The van der Waals surface area contributed by atoms with Crippen molar-refractivity contribution < 1.29 is 26.4 Å². The van der Waals surface area contributed by atoms with Gasteiger partial charge in [0, 0.05) is 47.3 Å². The smallest absolute Gasteiger partial charge is 0.369 e. The van der Waals surface area contributed by atoms with E-state index in [-0.39, 0.29) is 42.8 Å². The summed E-state index contributed by atoms with van der Waals surface area (Å²) in [6, 6.07) is 14.6. The minimum absolute atomic E-state index is 0.152. The number of halogens is 4. The number of alkyl halides is 3. The summed E-state index contributed by atoms with van der Waals surface area (Å²) in [5.41, 5.74) is 0.114. The minimum atomic E-state index is -4.44. The summed E-state index contributed by atoms with van der Waals surface area (Å²) in [4.78, 5) is 14.7. The van der Waals surface area contributed by atoms with Crippen molar-refractivity contribution >= 4 is 44.6 Å². The Balaban J connectivity index is 1.36. The van der Waals surface area contributed by atoms with Crippen molar-refractivity contribution in [1.29, 1.82) is 0 Å². The Bertz CT molecular complexity index is 1300. The van der Waals surface area contributed by atoms with Crippen molar-refractivity contribution in [3.8, 4) is 0 Å². The Labute approximate surface area is 210 Å². The van der Waals surface area contributed by atoms with Crippen LogP contribution in [0, 0.1) is 0 Å². The fourth-order valence-corrected chi connectivity index (χ4v) is 6.65. The Morgan fingerprint density at radius 1 is 1.00 bits per heavy atom. The Hall–Kier alpha value is -2.60. The number of nitrogens with one attached hydrogen (secondary N) is 1. The first-order valence-corrected chi connectivity index (χ1v) is 13.2. The highest BCUT2D eigenvalue weighted by Gasteiger charge is 2.33. The van der Waals surface area contributed by atoms with Gasteiger partial charge < -0.3 is 10.2 Å². The molecule has 0 saturated carbocycles. The first-order valence-electron chi connectivity index (χ1n) is 10.6. The monoisotopic (exact) mass is 543 g/mol. The number of rotatable bonds is 6. The predicted molar refractivity (Wildman–Crippen MR) is 129 cm³/mol. The van der Waals surface area contributed by atoms with Crippen LogP contribution in [0.1, 0.15) is 20.8 Å². The van der Waals surface area contributed by atoms with Crippen LogP contribution in [0.15, 0.2) is 64.9 Å². The number of carbonyl (C=O) groups excluding carboxylic acids is 1. The second-order valence-electron chi connectivity index (χ2n) is 7.85. The fourth-order valence-electron chi connectivity index (χ4n) is 3.66. The molecule has 0 aliphatic carbocycles. The molecule has 1 fully saturated rings. The molecule has 1 aromatic heterocycles. The third-order valence-electron chi connectivity index (χ3n) is 5.54. The van der Waals surface area contributed by atoms with Crippen molar-refractivity contribution in [2.45, 2.75) is 16.9 Å². The number of benzene rings is 2. The van der Waals surface area contributed by atoms with E-state index in [2.05, 4.69) is 5.32 Å². The minimum Gasteiger partial charge on any atom is -0.369 e. The van der Waals surface area contributed by atoms with Crippen molar-refractivity contribution in [3.63, 3.8) is 0 Å². The van der Waals surface area contributed by atoms with Gasteiger partial charge in [0.2, 0.25) is 0 Å². The van der Waals surface area contributed by atoms with E-state index in [1.165, 1.54) is 16.4 Å². The standard InChI is InChI=1S/C23H21ClF3N3O3S2/c24-18-6-4-16(5-7-18)22(31)28-15-20-8-9-21(34-20)35(32,33)30-12-10-29(11-13-30)19-3-1-2-17(14-19)23(25,26)27/h1-9,14H,10-13,15H2,(H,28,31). The highest BCUT2D eigenvalue weighted by molar-refractivity contribution is 7.91. The fraction of sp³-hybridized carbons (Fsp3) is 0.261. The second-order valence-corrected chi connectivity index (χ2v) is 11.6. The quantitative estimate of drug-likeness (QED) is 0.482. The number of thiophene rings is 1. The summed E-state index contributed by atoms with van der Waals surface area (Å²) in [6.45, 7) is 1.02. The summed E-state index contributed by atoms with van der Waals surface area (Å²) in [6.07, 6.45) is -4.44. The van der Waals surface area contributed by atoms with Crippen LogP contribution >= 0.6 is 22.9 Å². The molecule has 3 aromatic rings. The lowest BCUT2D eigenvalue weighted by Gasteiger charge is -2.35. The first kappa shape index (κ1) is 25.5. The molecule has 1 N–H and O–H groups in total. The summed E-state index contributed by atoms with van der Waals surface area (Å²) in [5, 5.41) is 3.27. The SMILES string of the molecule is O=C(NCc1ccc(S(=O)(=O)N2CCN(c3cccc(C(F)(F)F)c3)CC2)s1)c1ccc(Cl)cc1. The Morgan fingerprint density at radius 2 is 1.69 bits per heavy atom. The molecule has 12 heteroatoms. The van der Waals surface area contributed by atoms with E-state index in [9.17, 15) is 26.4 Å². The Morgan fingerprint density at radius 3 is 2.34 bits per heavy atom. The van der Waals surface area contributed by atoms with E-state index in [1.54, 1.807) is 41.3 Å². The molecule has 6 nitrogen and oxygen atoms in total. The number of piperazine rings is 1. The maximum atomic E-state index is 13.1. The first-order chi connectivity index (χ1) is 16.5. The van der Waals surface area contributed by atoms with E-state index < -0.39 is 21.8 Å². The number of hydrogen-bond acceptors (Lipinski definition) is 5. The molecular formula is C23H21ClF3N3O3S2. The van der Waals surface area contributed by atoms with Gasteiger partial charge in [-0.2, -0.15) is 17.5 Å². The number of sulfonamides is 1. The number of hydrogen-bond donors (Lipinski definition) is 1. The average Bonchev–Trinajstić information content (AvgIpc) is 3.33. The third-order valence-corrected chi connectivity index (χ3v) is 9.24. The third kappa shape index (κ3) is 5.97. The van der Waals surface area contributed by atoms with Gasteiger partial charge in [-0.05, 0) is 54.6 Å². The average molecular weight is 544 g/mol. The maximum absolute atomic E-state index is 13.1. The number of nitrogens with zero attached hydrogens (tertiary/aromatic N) is 2. The predicted octanol–water partition coefficient (Wildman–Crippen LogP) is 4.86. The van der Waals surface area contributed by atoms with E-state index in [4.69, 9.17) is 11.6 Å². The molecule has 0 bridgehead atoms. The summed E-state index contributed by atoms with van der Waals surface area (Å²) >= 11 is 6.90. The van der Waals surface area contributed by atoms with E-state index in [0.717, 1.165) is 23.5 Å². The normalized spacial score (nSPS) is 15.3. The van der Waals surface area contributed by atoms with Gasteiger partial charge in [0.25, 0.3) is 15.9 Å². The molecular weight excluding hydrogens is 523 g/mol. The van der Waals surface area contributed by atoms with Gasteiger partial charge in [-0.25, -0.2) is 8.42 Å². The molecule has 0 spiro atoms.